The van der Waals surface area contributed by atoms with Crippen LogP contribution in [0.2, 0.25) is 0 Å². The van der Waals surface area contributed by atoms with Gasteiger partial charge >= 0.3 is 6.03 Å². The molecule has 2 fully saturated rings. The molecular formula is C19H26FN3O2. The number of amides is 3. The number of carbonyl (C=O) groups is 2. The van der Waals surface area contributed by atoms with E-state index in [4.69, 9.17) is 0 Å². The maximum absolute atomic E-state index is 13.2. The quantitative estimate of drug-likeness (QED) is 0.804. The zero-order valence-corrected chi connectivity index (χ0v) is 14.5. The van der Waals surface area contributed by atoms with Gasteiger partial charge in [0.15, 0.2) is 0 Å². The van der Waals surface area contributed by atoms with Gasteiger partial charge in [0.1, 0.15) is 5.82 Å². The number of rotatable bonds is 5. The van der Waals surface area contributed by atoms with Crippen LogP contribution < -0.4 is 10.6 Å². The van der Waals surface area contributed by atoms with Crippen molar-refractivity contribution in [2.45, 2.75) is 44.6 Å². The van der Waals surface area contributed by atoms with Gasteiger partial charge in [-0.15, -0.1) is 0 Å². The van der Waals surface area contributed by atoms with Crippen molar-refractivity contribution in [2.24, 2.45) is 5.92 Å². The van der Waals surface area contributed by atoms with E-state index >= 15 is 0 Å². The molecule has 0 spiro atoms. The highest BCUT2D eigenvalue weighted by Gasteiger charge is 2.36. The molecule has 3 amide bonds. The summed E-state index contributed by atoms with van der Waals surface area (Å²) < 4.78 is 13.2. The molecule has 0 radical (unpaired) electrons. The fourth-order valence-corrected chi connectivity index (χ4v) is 3.88. The number of piperidine rings is 1. The van der Waals surface area contributed by atoms with E-state index in [1.54, 1.807) is 6.07 Å². The summed E-state index contributed by atoms with van der Waals surface area (Å²) in [5, 5.41) is 5.86. The van der Waals surface area contributed by atoms with Crippen molar-refractivity contribution in [1.82, 2.24) is 15.5 Å². The Hall–Kier alpha value is -2.11. The van der Waals surface area contributed by atoms with Gasteiger partial charge in [-0.2, -0.15) is 0 Å². The van der Waals surface area contributed by atoms with E-state index < -0.39 is 0 Å². The van der Waals surface area contributed by atoms with E-state index in [1.165, 1.54) is 12.1 Å². The second kappa shape index (κ2) is 8.32. The Balaban J connectivity index is 1.46. The number of urea groups is 1. The Kier molecular flexibility index (Phi) is 5.89. The third-order valence-corrected chi connectivity index (χ3v) is 5.17. The monoisotopic (exact) mass is 347 g/mol. The minimum atomic E-state index is -0.225. The summed E-state index contributed by atoms with van der Waals surface area (Å²) in [5.74, 6) is 0.0919. The fraction of sp³-hybridized carbons (Fsp3) is 0.579. The Morgan fingerprint density at radius 1 is 1.36 bits per heavy atom. The lowest BCUT2D eigenvalue weighted by Gasteiger charge is -2.38. The van der Waals surface area contributed by atoms with Crippen LogP contribution in [-0.2, 0) is 11.2 Å². The zero-order valence-electron chi connectivity index (χ0n) is 14.5. The molecule has 1 aromatic carbocycles. The topological polar surface area (TPSA) is 61.4 Å². The van der Waals surface area contributed by atoms with E-state index in [1.807, 2.05) is 11.0 Å². The molecule has 0 aliphatic carbocycles. The molecule has 0 bridgehead atoms. The molecule has 2 N–H and O–H groups in total. The Morgan fingerprint density at radius 3 is 3.00 bits per heavy atom. The molecule has 3 rings (SSSR count). The van der Waals surface area contributed by atoms with E-state index in [2.05, 4.69) is 10.6 Å². The molecule has 25 heavy (non-hydrogen) atoms. The maximum Gasteiger partial charge on any atom is 0.317 e. The second-order valence-electron chi connectivity index (χ2n) is 6.99. The summed E-state index contributed by atoms with van der Waals surface area (Å²) in [6.07, 6.45) is 5.13. The summed E-state index contributed by atoms with van der Waals surface area (Å²) in [5.41, 5.74) is 0.945. The van der Waals surface area contributed by atoms with Gasteiger partial charge in [0.25, 0.3) is 0 Å². The number of hydrogen-bond donors (Lipinski definition) is 2. The highest BCUT2D eigenvalue weighted by atomic mass is 19.1. The molecule has 2 aliphatic heterocycles. The van der Waals surface area contributed by atoms with E-state index in [9.17, 15) is 14.0 Å². The third kappa shape index (κ3) is 4.71. The Morgan fingerprint density at radius 2 is 2.24 bits per heavy atom. The first-order chi connectivity index (χ1) is 12.1. The van der Waals surface area contributed by atoms with Crippen molar-refractivity contribution < 1.29 is 14.0 Å². The van der Waals surface area contributed by atoms with Crippen LogP contribution in [0.1, 0.15) is 37.7 Å². The Bertz CT molecular complexity index is 622. The molecule has 2 atom stereocenters. The van der Waals surface area contributed by atoms with E-state index in [-0.39, 0.29) is 29.7 Å². The number of aryl methyl sites for hydroxylation is 1. The van der Waals surface area contributed by atoms with Crippen LogP contribution in [0.15, 0.2) is 24.3 Å². The Labute approximate surface area is 148 Å². The average molecular weight is 347 g/mol. The van der Waals surface area contributed by atoms with E-state index in [0.29, 0.717) is 19.5 Å². The molecule has 0 saturated carbocycles. The lowest BCUT2D eigenvalue weighted by molar-refractivity contribution is -0.119. The molecule has 2 aliphatic rings. The standard InChI is InChI=1S/C19H26FN3O2/c20-16-7-3-5-14(11-16)6-4-9-21-19(25)23-10-2-1-8-17(23)15-12-18(24)22-13-15/h3,5,7,11,15,17H,1-2,4,6,8-10,12-13H2,(H,21,25)(H,22,24)/t15-,17-/m1/s1. The number of nitrogens with one attached hydrogen (secondary N) is 2. The predicted molar refractivity (Wildman–Crippen MR) is 93.6 cm³/mol. The van der Waals surface area contributed by atoms with Crippen LogP contribution in [0.3, 0.4) is 0 Å². The first-order valence-corrected chi connectivity index (χ1v) is 9.19. The van der Waals surface area contributed by atoms with Crippen LogP contribution >= 0.6 is 0 Å². The minimum absolute atomic E-state index is 0.0386. The molecule has 5 nitrogen and oxygen atoms in total. The number of hydrogen-bond acceptors (Lipinski definition) is 2. The summed E-state index contributed by atoms with van der Waals surface area (Å²) in [4.78, 5) is 26.0. The molecule has 136 valence electrons. The molecule has 2 saturated heterocycles. The molecule has 1 aromatic rings. The van der Waals surface area contributed by atoms with Crippen molar-refractivity contribution in [2.75, 3.05) is 19.6 Å². The molecule has 2 heterocycles. The maximum atomic E-state index is 13.2. The van der Waals surface area contributed by atoms with Gasteiger partial charge in [-0.3, -0.25) is 4.79 Å². The molecule has 6 heteroatoms. The van der Waals surface area contributed by atoms with Crippen LogP contribution in [0.25, 0.3) is 0 Å². The highest BCUT2D eigenvalue weighted by molar-refractivity contribution is 5.79. The van der Waals surface area contributed by atoms with Crippen molar-refractivity contribution >= 4 is 11.9 Å². The summed E-state index contributed by atoms with van der Waals surface area (Å²) in [7, 11) is 0. The smallest absolute Gasteiger partial charge is 0.317 e. The van der Waals surface area contributed by atoms with Crippen LogP contribution in [0.4, 0.5) is 9.18 Å². The zero-order chi connectivity index (χ0) is 17.6. The van der Waals surface area contributed by atoms with Gasteiger partial charge in [0.05, 0.1) is 0 Å². The van der Waals surface area contributed by atoms with E-state index in [0.717, 1.165) is 44.2 Å². The van der Waals surface area contributed by atoms with Gasteiger partial charge in [0, 0.05) is 38.0 Å². The van der Waals surface area contributed by atoms with Gasteiger partial charge in [-0.1, -0.05) is 12.1 Å². The van der Waals surface area contributed by atoms with Crippen molar-refractivity contribution in [3.8, 4) is 0 Å². The highest BCUT2D eigenvalue weighted by Crippen LogP contribution is 2.27. The normalized spacial score (nSPS) is 23.4. The van der Waals surface area contributed by atoms with Gasteiger partial charge < -0.3 is 15.5 Å². The number of halogens is 1. The largest absolute Gasteiger partial charge is 0.356 e. The molecule has 0 unspecified atom stereocenters. The SMILES string of the molecule is O=C1C[C@@H]([C@H]2CCCCN2C(=O)NCCCc2cccc(F)c2)CN1. The second-order valence-corrected chi connectivity index (χ2v) is 6.99. The molecule has 0 aromatic heterocycles. The minimum Gasteiger partial charge on any atom is -0.356 e. The lowest BCUT2D eigenvalue weighted by atomic mass is 9.90. The van der Waals surface area contributed by atoms with Gasteiger partial charge in [-0.05, 0) is 49.8 Å². The summed E-state index contributed by atoms with van der Waals surface area (Å²) >= 11 is 0. The summed E-state index contributed by atoms with van der Waals surface area (Å²) in [6, 6.07) is 6.68. The predicted octanol–water partition coefficient (Wildman–Crippen LogP) is 2.46. The average Bonchev–Trinajstić information content (AvgIpc) is 3.05. The van der Waals surface area contributed by atoms with Gasteiger partial charge in [-0.25, -0.2) is 9.18 Å². The van der Waals surface area contributed by atoms with Crippen LogP contribution in [-0.4, -0.2) is 42.5 Å². The fourth-order valence-electron chi connectivity index (χ4n) is 3.88. The number of benzene rings is 1. The van der Waals surface area contributed by atoms with Crippen molar-refractivity contribution in [1.29, 1.82) is 0 Å². The lowest BCUT2D eigenvalue weighted by Crippen LogP contribution is -2.52. The van der Waals surface area contributed by atoms with Crippen LogP contribution in [0.5, 0.6) is 0 Å². The first-order valence-electron chi connectivity index (χ1n) is 9.19. The number of nitrogens with zero attached hydrogens (tertiary/aromatic N) is 1. The first kappa shape index (κ1) is 17.7. The number of carbonyl (C=O) groups excluding carboxylic acids is 2. The summed E-state index contributed by atoms with van der Waals surface area (Å²) in [6.45, 7) is 2.00. The van der Waals surface area contributed by atoms with Crippen molar-refractivity contribution in [3.63, 3.8) is 0 Å². The number of likely N-dealkylation sites (tertiary alicyclic amines) is 1. The third-order valence-electron chi connectivity index (χ3n) is 5.17. The van der Waals surface area contributed by atoms with Crippen LogP contribution in [0, 0.1) is 11.7 Å². The van der Waals surface area contributed by atoms with Crippen molar-refractivity contribution in [3.05, 3.63) is 35.6 Å². The van der Waals surface area contributed by atoms with Gasteiger partial charge in [0.2, 0.25) is 5.91 Å². The molecular weight excluding hydrogens is 321 g/mol.